The van der Waals surface area contributed by atoms with E-state index in [4.69, 9.17) is 4.74 Å². The second-order valence-electron chi connectivity index (χ2n) is 6.67. The molecule has 2 unspecified atom stereocenters. The Morgan fingerprint density at radius 3 is 3.15 bits per heavy atom. The molecule has 3 rings (SSSR count). The highest BCUT2D eigenvalue weighted by Gasteiger charge is 2.18. The van der Waals surface area contributed by atoms with Crippen molar-refractivity contribution in [1.29, 1.82) is 0 Å². The molecule has 2 heterocycles. The lowest BCUT2D eigenvalue weighted by Crippen LogP contribution is -2.36. The first-order valence-electron chi connectivity index (χ1n) is 9.03. The number of aromatic nitrogens is 2. The fraction of sp³-hybridized carbons (Fsp3) is 0.474. The van der Waals surface area contributed by atoms with Crippen molar-refractivity contribution >= 4 is 5.91 Å². The Balaban J connectivity index is 1.43. The van der Waals surface area contributed by atoms with Crippen LogP contribution in [0.3, 0.4) is 0 Å². The maximum Gasteiger partial charge on any atom is 0.271 e. The summed E-state index contributed by atoms with van der Waals surface area (Å²) in [5, 5.41) is 20.4. The van der Waals surface area contributed by atoms with Gasteiger partial charge < -0.3 is 20.5 Å². The highest BCUT2D eigenvalue weighted by atomic mass is 16.5. The summed E-state index contributed by atoms with van der Waals surface area (Å²) in [6.07, 6.45) is 3.22. The average molecular weight is 358 g/mol. The van der Waals surface area contributed by atoms with Crippen LogP contribution in [0.15, 0.2) is 36.5 Å². The molecular formula is C19H26N4O3. The van der Waals surface area contributed by atoms with Crippen LogP contribution in [0.4, 0.5) is 0 Å². The van der Waals surface area contributed by atoms with Gasteiger partial charge >= 0.3 is 0 Å². The number of aliphatic hydroxyl groups excluding tert-OH is 1. The molecule has 1 amide bonds. The minimum Gasteiger partial charge on any atom is -0.491 e. The zero-order valence-corrected chi connectivity index (χ0v) is 15.0. The van der Waals surface area contributed by atoms with Gasteiger partial charge in [0.15, 0.2) is 0 Å². The Kier molecular flexibility index (Phi) is 6.25. The number of carbonyl (C=O) groups is 1. The SMILES string of the molecule is Cc1cccc(OCC(O)CNC(=O)c2ccn(C3CCCNC3)n2)c1. The third-order valence-corrected chi connectivity index (χ3v) is 4.42. The second-order valence-corrected chi connectivity index (χ2v) is 6.67. The Hall–Kier alpha value is -2.38. The number of rotatable bonds is 7. The molecule has 0 aliphatic carbocycles. The lowest BCUT2D eigenvalue weighted by Gasteiger charge is -2.22. The number of ether oxygens (including phenoxy) is 1. The summed E-state index contributed by atoms with van der Waals surface area (Å²) >= 11 is 0. The number of carbonyl (C=O) groups excluding carboxylic acids is 1. The van der Waals surface area contributed by atoms with Gasteiger partial charge in [0.1, 0.15) is 24.2 Å². The molecule has 0 radical (unpaired) electrons. The van der Waals surface area contributed by atoms with Crippen LogP contribution < -0.4 is 15.4 Å². The fourth-order valence-electron chi connectivity index (χ4n) is 2.98. The van der Waals surface area contributed by atoms with E-state index in [0.29, 0.717) is 17.5 Å². The quantitative estimate of drug-likeness (QED) is 0.694. The predicted molar refractivity (Wildman–Crippen MR) is 98.4 cm³/mol. The molecule has 140 valence electrons. The van der Waals surface area contributed by atoms with Crippen molar-refractivity contribution in [2.75, 3.05) is 26.2 Å². The summed E-state index contributed by atoms with van der Waals surface area (Å²) < 4.78 is 7.39. The lowest BCUT2D eigenvalue weighted by atomic mass is 10.1. The highest BCUT2D eigenvalue weighted by Crippen LogP contribution is 2.16. The molecule has 2 atom stereocenters. The number of piperidine rings is 1. The number of benzene rings is 1. The molecule has 1 aromatic heterocycles. The standard InChI is InChI=1S/C19H26N4O3/c1-14-4-2-6-17(10-14)26-13-16(24)12-21-19(25)18-7-9-23(22-18)15-5-3-8-20-11-15/h2,4,6-7,9-10,15-16,20,24H,3,5,8,11-13H2,1H3,(H,21,25). The molecule has 2 aromatic rings. The molecule has 7 nitrogen and oxygen atoms in total. The van der Waals surface area contributed by atoms with E-state index in [0.717, 1.165) is 31.5 Å². The van der Waals surface area contributed by atoms with E-state index < -0.39 is 6.10 Å². The van der Waals surface area contributed by atoms with Gasteiger partial charge in [-0.1, -0.05) is 12.1 Å². The van der Waals surface area contributed by atoms with Crippen LogP contribution in [0.25, 0.3) is 0 Å². The number of nitrogens with one attached hydrogen (secondary N) is 2. The van der Waals surface area contributed by atoms with Crippen LogP contribution in [-0.4, -0.2) is 53.1 Å². The number of hydrogen-bond acceptors (Lipinski definition) is 5. The van der Waals surface area contributed by atoms with Crippen molar-refractivity contribution in [2.45, 2.75) is 31.9 Å². The minimum absolute atomic E-state index is 0.114. The molecule has 7 heteroatoms. The van der Waals surface area contributed by atoms with Gasteiger partial charge in [-0.3, -0.25) is 9.48 Å². The molecule has 1 aliphatic rings. The molecule has 0 saturated carbocycles. The normalized spacial score (nSPS) is 18.3. The van der Waals surface area contributed by atoms with Crippen molar-refractivity contribution in [2.24, 2.45) is 0 Å². The van der Waals surface area contributed by atoms with Gasteiger partial charge in [0.25, 0.3) is 5.91 Å². The van der Waals surface area contributed by atoms with Crippen LogP contribution in [0.1, 0.15) is 34.9 Å². The molecule has 1 aromatic carbocycles. The van der Waals surface area contributed by atoms with Gasteiger partial charge in [-0.15, -0.1) is 0 Å². The highest BCUT2D eigenvalue weighted by molar-refractivity contribution is 5.92. The monoisotopic (exact) mass is 358 g/mol. The molecule has 3 N–H and O–H groups in total. The fourth-order valence-corrected chi connectivity index (χ4v) is 2.98. The van der Waals surface area contributed by atoms with Crippen LogP contribution in [0.2, 0.25) is 0 Å². The van der Waals surface area contributed by atoms with Crippen LogP contribution in [0, 0.1) is 6.92 Å². The van der Waals surface area contributed by atoms with Gasteiger partial charge in [0.2, 0.25) is 0 Å². The summed E-state index contributed by atoms with van der Waals surface area (Å²) in [5.41, 5.74) is 1.46. The van der Waals surface area contributed by atoms with E-state index in [-0.39, 0.29) is 19.1 Å². The summed E-state index contributed by atoms with van der Waals surface area (Å²) in [5.74, 6) is 0.414. The van der Waals surface area contributed by atoms with Crippen molar-refractivity contribution in [3.05, 3.63) is 47.8 Å². The summed E-state index contributed by atoms with van der Waals surface area (Å²) in [6, 6.07) is 9.62. The Bertz CT molecular complexity index is 725. The Morgan fingerprint density at radius 2 is 2.38 bits per heavy atom. The summed E-state index contributed by atoms with van der Waals surface area (Å²) in [4.78, 5) is 12.2. The molecule has 26 heavy (non-hydrogen) atoms. The molecule has 1 fully saturated rings. The zero-order chi connectivity index (χ0) is 18.4. The van der Waals surface area contributed by atoms with Crippen LogP contribution in [-0.2, 0) is 0 Å². The maximum absolute atomic E-state index is 12.2. The van der Waals surface area contributed by atoms with Crippen molar-refractivity contribution in [3.8, 4) is 5.75 Å². The smallest absolute Gasteiger partial charge is 0.271 e. The molecule has 1 aliphatic heterocycles. The zero-order valence-electron chi connectivity index (χ0n) is 15.0. The molecule has 0 spiro atoms. The first kappa shape index (κ1) is 18.4. The van der Waals surface area contributed by atoms with Crippen LogP contribution in [0.5, 0.6) is 5.75 Å². The van der Waals surface area contributed by atoms with Crippen molar-refractivity contribution < 1.29 is 14.6 Å². The van der Waals surface area contributed by atoms with Gasteiger partial charge in [-0.2, -0.15) is 5.10 Å². The van der Waals surface area contributed by atoms with E-state index in [2.05, 4.69) is 15.7 Å². The third kappa shape index (κ3) is 5.06. The van der Waals surface area contributed by atoms with E-state index in [9.17, 15) is 9.90 Å². The van der Waals surface area contributed by atoms with Crippen molar-refractivity contribution in [3.63, 3.8) is 0 Å². The summed E-state index contributed by atoms with van der Waals surface area (Å²) in [6.45, 7) is 4.12. The second kappa shape index (κ2) is 8.82. The third-order valence-electron chi connectivity index (χ3n) is 4.42. The Morgan fingerprint density at radius 1 is 1.50 bits per heavy atom. The van der Waals surface area contributed by atoms with E-state index in [1.165, 1.54) is 0 Å². The van der Waals surface area contributed by atoms with Gasteiger partial charge in [0, 0.05) is 19.3 Å². The molecule has 0 bridgehead atoms. The Labute approximate surface area is 153 Å². The first-order valence-corrected chi connectivity index (χ1v) is 9.03. The van der Waals surface area contributed by atoms with E-state index >= 15 is 0 Å². The number of nitrogens with zero attached hydrogens (tertiary/aromatic N) is 2. The number of aliphatic hydroxyl groups is 1. The average Bonchev–Trinajstić information content (AvgIpc) is 3.15. The van der Waals surface area contributed by atoms with E-state index in [1.54, 1.807) is 6.07 Å². The van der Waals surface area contributed by atoms with E-state index in [1.807, 2.05) is 42.1 Å². The van der Waals surface area contributed by atoms with Crippen molar-refractivity contribution in [1.82, 2.24) is 20.4 Å². The predicted octanol–water partition coefficient (Wildman–Crippen LogP) is 1.29. The number of hydrogen-bond donors (Lipinski definition) is 3. The van der Waals surface area contributed by atoms with Gasteiger partial charge in [0.05, 0.1) is 6.04 Å². The number of amides is 1. The minimum atomic E-state index is -0.788. The number of aryl methyl sites for hydroxylation is 1. The maximum atomic E-state index is 12.2. The van der Waals surface area contributed by atoms with Crippen LogP contribution >= 0.6 is 0 Å². The molecule has 1 saturated heterocycles. The van der Waals surface area contributed by atoms with Gasteiger partial charge in [-0.25, -0.2) is 0 Å². The lowest BCUT2D eigenvalue weighted by molar-refractivity contribution is 0.0838. The largest absolute Gasteiger partial charge is 0.491 e. The first-order chi connectivity index (χ1) is 12.6. The topological polar surface area (TPSA) is 88.4 Å². The molecular weight excluding hydrogens is 332 g/mol. The summed E-state index contributed by atoms with van der Waals surface area (Å²) in [7, 11) is 0. The van der Waals surface area contributed by atoms with Gasteiger partial charge in [-0.05, 0) is 50.1 Å².